The molecule has 0 aliphatic heterocycles. The summed E-state index contributed by atoms with van der Waals surface area (Å²) in [7, 11) is 0. The molecule has 0 unspecified atom stereocenters. The van der Waals surface area contributed by atoms with Crippen LogP contribution in [0.25, 0.3) is 0 Å². The number of rotatable bonds is 23. The standard InChI is InChI=1S/C27H55N/c1-4-7-10-13-16-19-22-25-28(26-23-20-17-14-11-8-5-2)27-24-21-18-15-12-9-6-3/h16,19H,4-15,17-18,20-27H2,1-3H3/b19-16+. The van der Waals surface area contributed by atoms with Gasteiger partial charge in [0.1, 0.15) is 0 Å². The van der Waals surface area contributed by atoms with Crippen molar-refractivity contribution in [2.45, 2.75) is 143 Å². The minimum Gasteiger partial charge on any atom is -0.303 e. The van der Waals surface area contributed by atoms with E-state index in [1.165, 1.54) is 142 Å². The van der Waals surface area contributed by atoms with Crippen LogP contribution in [0, 0.1) is 0 Å². The van der Waals surface area contributed by atoms with Gasteiger partial charge < -0.3 is 4.90 Å². The Bertz CT molecular complexity index is 279. The van der Waals surface area contributed by atoms with Crippen LogP contribution in [0.1, 0.15) is 143 Å². The van der Waals surface area contributed by atoms with E-state index in [1.54, 1.807) is 0 Å². The molecule has 0 fully saturated rings. The molecular weight excluding hydrogens is 338 g/mol. The van der Waals surface area contributed by atoms with Crippen molar-refractivity contribution in [1.82, 2.24) is 4.90 Å². The Balaban J connectivity index is 3.88. The van der Waals surface area contributed by atoms with E-state index < -0.39 is 0 Å². The molecule has 0 aliphatic carbocycles. The van der Waals surface area contributed by atoms with Crippen molar-refractivity contribution in [3.8, 4) is 0 Å². The zero-order valence-electron chi connectivity index (χ0n) is 20.2. The highest BCUT2D eigenvalue weighted by Gasteiger charge is 2.04. The first-order valence-corrected chi connectivity index (χ1v) is 13.2. The lowest BCUT2D eigenvalue weighted by atomic mass is 10.1. The monoisotopic (exact) mass is 393 g/mol. The second-order valence-corrected chi connectivity index (χ2v) is 8.84. The summed E-state index contributed by atoms with van der Waals surface area (Å²) >= 11 is 0. The summed E-state index contributed by atoms with van der Waals surface area (Å²) in [5.74, 6) is 0. The van der Waals surface area contributed by atoms with Crippen LogP contribution in [-0.4, -0.2) is 24.5 Å². The van der Waals surface area contributed by atoms with Gasteiger partial charge in [0.05, 0.1) is 0 Å². The molecule has 1 heteroatoms. The first-order chi connectivity index (χ1) is 13.8. The van der Waals surface area contributed by atoms with Crippen molar-refractivity contribution >= 4 is 0 Å². The van der Waals surface area contributed by atoms with Crippen LogP contribution in [0.2, 0.25) is 0 Å². The average Bonchev–Trinajstić information content (AvgIpc) is 2.71. The lowest BCUT2D eigenvalue weighted by molar-refractivity contribution is 0.264. The van der Waals surface area contributed by atoms with Gasteiger partial charge in [-0.3, -0.25) is 0 Å². The molecule has 0 N–H and O–H groups in total. The summed E-state index contributed by atoms with van der Waals surface area (Å²) in [6.07, 6.45) is 31.4. The van der Waals surface area contributed by atoms with E-state index in [2.05, 4.69) is 37.8 Å². The Labute approximate surface area is 179 Å². The Morgan fingerprint density at radius 3 is 1.29 bits per heavy atom. The molecule has 0 aromatic heterocycles. The van der Waals surface area contributed by atoms with E-state index in [0.29, 0.717) is 0 Å². The van der Waals surface area contributed by atoms with Crippen molar-refractivity contribution in [2.75, 3.05) is 19.6 Å². The number of allylic oxidation sites excluding steroid dienone is 1. The van der Waals surface area contributed by atoms with E-state index in [-0.39, 0.29) is 0 Å². The highest BCUT2D eigenvalue weighted by molar-refractivity contribution is 4.82. The number of unbranched alkanes of at least 4 members (excludes halogenated alkanes) is 15. The van der Waals surface area contributed by atoms with Crippen LogP contribution >= 0.6 is 0 Å². The molecule has 0 aliphatic rings. The zero-order valence-corrected chi connectivity index (χ0v) is 20.2. The summed E-state index contributed by atoms with van der Waals surface area (Å²) in [4.78, 5) is 2.76. The second-order valence-electron chi connectivity index (χ2n) is 8.84. The third-order valence-electron chi connectivity index (χ3n) is 5.91. The van der Waals surface area contributed by atoms with E-state index in [4.69, 9.17) is 0 Å². The van der Waals surface area contributed by atoms with Gasteiger partial charge in [0.15, 0.2) is 0 Å². The fourth-order valence-electron chi connectivity index (χ4n) is 3.93. The zero-order chi connectivity index (χ0) is 20.5. The van der Waals surface area contributed by atoms with Crippen LogP contribution in [0.15, 0.2) is 12.2 Å². The fourth-order valence-corrected chi connectivity index (χ4v) is 3.93. The highest BCUT2D eigenvalue weighted by atomic mass is 15.1. The summed E-state index contributed by atoms with van der Waals surface area (Å²) in [6.45, 7) is 10.8. The molecule has 0 aromatic rings. The maximum atomic E-state index is 2.76. The van der Waals surface area contributed by atoms with Gasteiger partial charge in [-0.25, -0.2) is 0 Å². The predicted octanol–water partition coefficient (Wildman–Crippen LogP) is 9.32. The van der Waals surface area contributed by atoms with Crippen LogP contribution in [-0.2, 0) is 0 Å². The summed E-state index contributed by atoms with van der Waals surface area (Å²) in [5, 5.41) is 0. The summed E-state index contributed by atoms with van der Waals surface area (Å²) < 4.78 is 0. The van der Waals surface area contributed by atoms with Gasteiger partial charge in [0.2, 0.25) is 0 Å². The largest absolute Gasteiger partial charge is 0.303 e. The second kappa shape index (κ2) is 24.7. The first kappa shape index (κ1) is 27.7. The Kier molecular flexibility index (Phi) is 24.5. The fraction of sp³-hybridized carbons (Fsp3) is 0.926. The maximum absolute atomic E-state index is 2.76. The lowest BCUT2D eigenvalue weighted by Crippen LogP contribution is -2.27. The van der Waals surface area contributed by atoms with E-state index in [1.807, 2.05) is 0 Å². The number of hydrogen-bond acceptors (Lipinski definition) is 1. The van der Waals surface area contributed by atoms with Gasteiger partial charge in [-0.2, -0.15) is 0 Å². The van der Waals surface area contributed by atoms with E-state index >= 15 is 0 Å². The molecular formula is C27H55N. The molecule has 0 aromatic carbocycles. The summed E-state index contributed by atoms with van der Waals surface area (Å²) in [5.41, 5.74) is 0. The van der Waals surface area contributed by atoms with Crippen molar-refractivity contribution in [3.63, 3.8) is 0 Å². The highest BCUT2D eigenvalue weighted by Crippen LogP contribution is 2.11. The van der Waals surface area contributed by atoms with Gasteiger partial charge >= 0.3 is 0 Å². The molecule has 0 bridgehead atoms. The van der Waals surface area contributed by atoms with E-state index in [9.17, 15) is 0 Å². The van der Waals surface area contributed by atoms with Crippen molar-refractivity contribution in [3.05, 3.63) is 12.2 Å². The molecule has 0 amide bonds. The summed E-state index contributed by atoms with van der Waals surface area (Å²) in [6, 6.07) is 0. The predicted molar refractivity (Wildman–Crippen MR) is 130 cm³/mol. The van der Waals surface area contributed by atoms with Gasteiger partial charge in [0.25, 0.3) is 0 Å². The minimum atomic E-state index is 1.25. The Morgan fingerprint density at radius 2 is 0.786 bits per heavy atom. The SMILES string of the molecule is CCCCC/C=C/CCN(CCCCCCCCC)CCCCCCCCC. The normalized spacial score (nSPS) is 11.9. The lowest BCUT2D eigenvalue weighted by Gasteiger charge is -2.21. The van der Waals surface area contributed by atoms with Crippen LogP contribution < -0.4 is 0 Å². The topological polar surface area (TPSA) is 3.24 Å². The molecule has 0 spiro atoms. The van der Waals surface area contributed by atoms with Crippen molar-refractivity contribution in [2.24, 2.45) is 0 Å². The third kappa shape index (κ3) is 22.0. The molecule has 0 saturated carbocycles. The van der Waals surface area contributed by atoms with Crippen LogP contribution in [0.3, 0.4) is 0 Å². The van der Waals surface area contributed by atoms with Gasteiger partial charge in [-0.1, -0.05) is 123 Å². The van der Waals surface area contributed by atoms with Gasteiger partial charge in [-0.05, 0) is 45.2 Å². The smallest absolute Gasteiger partial charge is 0.00159 e. The number of nitrogens with zero attached hydrogens (tertiary/aromatic N) is 1. The molecule has 0 heterocycles. The van der Waals surface area contributed by atoms with Crippen LogP contribution in [0.4, 0.5) is 0 Å². The molecule has 1 nitrogen and oxygen atoms in total. The molecule has 0 rings (SSSR count). The molecule has 168 valence electrons. The number of hydrogen-bond donors (Lipinski definition) is 0. The van der Waals surface area contributed by atoms with Gasteiger partial charge in [0, 0.05) is 6.54 Å². The van der Waals surface area contributed by atoms with Crippen LogP contribution in [0.5, 0.6) is 0 Å². The molecule has 0 atom stereocenters. The Morgan fingerprint density at radius 1 is 0.393 bits per heavy atom. The quantitative estimate of drug-likeness (QED) is 0.123. The van der Waals surface area contributed by atoms with E-state index in [0.717, 1.165) is 0 Å². The molecule has 0 radical (unpaired) electrons. The molecule has 28 heavy (non-hydrogen) atoms. The van der Waals surface area contributed by atoms with Gasteiger partial charge in [-0.15, -0.1) is 0 Å². The average molecular weight is 394 g/mol. The minimum absolute atomic E-state index is 1.25. The first-order valence-electron chi connectivity index (χ1n) is 13.2. The molecule has 0 saturated heterocycles. The Hall–Kier alpha value is -0.300. The maximum Gasteiger partial charge on any atom is 0.00159 e. The van der Waals surface area contributed by atoms with Crippen molar-refractivity contribution < 1.29 is 0 Å². The third-order valence-corrected chi connectivity index (χ3v) is 5.91. The van der Waals surface area contributed by atoms with Crippen molar-refractivity contribution in [1.29, 1.82) is 0 Å².